The molecule has 0 saturated carbocycles. The van der Waals surface area contributed by atoms with Crippen LogP contribution in [0.25, 0.3) is 0 Å². The third-order valence-corrected chi connectivity index (χ3v) is 2.83. The van der Waals surface area contributed by atoms with Gasteiger partial charge in [0.25, 0.3) is 0 Å². The molecule has 0 rings (SSSR count). The number of phosphoric ester groups is 1. The number of hydrogen-bond donors (Lipinski definition) is 3. The van der Waals surface area contributed by atoms with E-state index < -0.39 is 13.4 Å². The Morgan fingerprint density at radius 3 is 2.06 bits per heavy atom. The van der Waals surface area contributed by atoms with Crippen molar-refractivity contribution in [2.24, 2.45) is 5.41 Å². The predicted octanol–water partition coefficient (Wildman–Crippen LogP) is 1.30. The first-order chi connectivity index (χ1) is 7.47. The Morgan fingerprint density at radius 2 is 1.65 bits per heavy atom. The first-order valence-corrected chi connectivity index (χ1v) is 6.95. The summed E-state index contributed by atoms with van der Waals surface area (Å²) >= 11 is 0. The van der Waals surface area contributed by atoms with Gasteiger partial charge in [0.2, 0.25) is 0 Å². The summed E-state index contributed by atoms with van der Waals surface area (Å²) in [6.07, 6.45) is 0.604. The number of phosphoric acid groups is 1. The minimum atomic E-state index is -4.50. The molecular weight excluding hydrogens is 247 g/mol. The van der Waals surface area contributed by atoms with Crippen molar-refractivity contribution in [3.05, 3.63) is 0 Å². The molecule has 0 aromatic carbocycles. The summed E-state index contributed by atoms with van der Waals surface area (Å²) in [6, 6.07) is 0. The second-order valence-electron chi connectivity index (χ2n) is 5.47. The Kier molecular flexibility index (Phi) is 6.28. The number of rotatable bonds is 8. The van der Waals surface area contributed by atoms with Gasteiger partial charge in [-0.25, -0.2) is 4.57 Å². The average Bonchev–Trinajstić information content (AvgIpc) is 1.96. The molecule has 6 nitrogen and oxygen atoms in total. The van der Waals surface area contributed by atoms with Gasteiger partial charge in [-0.3, -0.25) is 4.52 Å². The summed E-state index contributed by atoms with van der Waals surface area (Å²) in [7, 11) is -4.50. The molecule has 3 N–H and O–H groups in total. The van der Waals surface area contributed by atoms with Crippen LogP contribution in [0.3, 0.4) is 0 Å². The molecule has 0 radical (unpaired) electrons. The van der Waals surface area contributed by atoms with Crippen LogP contribution in [-0.2, 0) is 13.8 Å². The number of hydrogen-bond acceptors (Lipinski definition) is 4. The molecule has 0 bridgehead atoms. The minimum absolute atomic E-state index is 0.0764. The van der Waals surface area contributed by atoms with E-state index in [0.29, 0.717) is 13.0 Å². The molecule has 0 aromatic rings. The van der Waals surface area contributed by atoms with E-state index >= 15 is 0 Å². The van der Waals surface area contributed by atoms with E-state index in [1.807, 2.05) is 13.8 Å². The van der Waals surface area contributed by atoms with Crippen molar-refractivity contribution >= 4 is 7.82 Å². The highest BCUT2D eigenvalue weighted by atomic mass is 31.2. The quantitative estimate of drug-likeness (QED) is 0.575. The van der Waals surface area contributed by atoms with E-state index in [0.717, 1.165) is 0 Å². The summed E-state index contributed by atoms with van der Waals surface area (Å²) in [5, 5.41) is 8.83. The van der Waals surface area contributed by atoms with Crippen LogP contribution >= 0.6 is 7.82 Å². The maximum Gasteiger partial charge on any atom is 0.470 e. The molecule has 17 heavy (non-hydrogen) atoms. The second kappa shape index (κ2) is 6.27. The molecule has 0 aromatic heterocycles. The van der Waals surface area contributed by atoms with Crippen molar-refractivity contribution in [3.8, 4) is 0 Å². The molecular formula is C10H23O6P. The van der Waals surface area contributed by atoms with Crippen LogP contribution in [0.4, 0.5) is 0 Å². The van der Waals surface area contributed by atoms with E-state index in [1.165, 1.54) is 0 Å². The van der Waals surface area contributed by atoms with Crippen LogP contribution in [0, 0.1) is 5.41 Å². The maximum atomic E-state index is 10.7. The molecule has 0 amide bonds. The number of aliphatic hydroxyl groups excluding tert-OH is 1. The van der Waals surface area contributed by atoms with Gasteiger partial charge in [-0.15, -0.1) is 0 Å². The Bertz CT molecular complexity index is 270. The van der Waals surface area contributed by atoms with Crippen LogP contribution in [0.2, 0.25) is 0 Å². The lowest BCUT2D eigenvalue weighted by atomic mass is 9.91. The zero-order valence-corrected chi connectivity index (χ0v) is 11.7. The molecule has 0 aliphatic carbocycles. The van der Waals surface area contributed by atoms with Crippen molar-refractivity contribution in [2.75, 3.05) is 19.8 Å². The molecule has 104 valence electrons. The fourth-order valence-electron chi connectivity index (χ4n) is 1.30. The smallest absolute Gasteiger partial charge is 0.396 e. The van der Waals surface area contributed by atoms with Crippen LogP contribution < -0.4 is 0 Å². The van der Waals surface area contributed by atoms with Gasteiger partial charge in [0.05, 0.1) is 18.8 Å². The SMILES string of the molecule is CC(C)(CCO)COCC(C)(C)OP(=O)(O)O. The normalized spacial score (nSPS) is 14.1. The summed E-state index contributed by atoms with van der Waals surface area (Å²) in [4.78, 5) is 17.4. The molecule has 0 saturated heterocycles. The van der Waals surface area contributed by atoms with E-state index in [9.17, 15) is 4.57 Å². The Morgan fingerprint density at radius 1 is 1.12 bits per heavy atom. The molecule has 0 fully saturated rings. The summed E-state index contributed by atoms with van der Waals surface area (Å²) in [6.45, 7) is 7.53. The minimum Gasteiger partial charge on any atom is -0.396 e. The van der Waals surface area contributed by atoms with Gasteiger partial charge in [-0.05, 0) is 25.7 Å². The molecule has 7 heteroatoms. The predicted molar refractivity (Wildman–Crippen MR) is 63.5 cm³/mol. The third kappa shape index (κ3) is 9.71. The maximum absolute atomic E-state index is 10.7. The third-order valence-electron chi connectivity index (χ3n) is 2.10. The molecule has 0 aliphatic rings. The first kappa shape index (κ1) is 17.0. The monoisotopic (exact) mass is 270 g/mol. The van der Waals surface area contributed by atoms with Crippen molar-refractivity contribution in [2.45, 2.75) is 39.7 Å². The molecule has 0 atom stereocenters. The second-order valence-corrected chi connectivity index (χ2v) is 6.64. The van der Waals surface area contributed by atoms with Gasteiger partial charge in [0, 0.05) is 6.61 Å². The van der Waals surface area contributed by atoms with E-state index in [1.54, 1.807) is 13.8 Å². The van der Waals surface area contributed by atoms with Gasteiger partial charge in [0.15, 0.2) is 0 Å². The standard InChI is InChI=1S/C10H23O6P/c1-9(2,5-6-11)7-15-8-10(3,4)16-17(12,13)14/h11H,5-8H2,1-4H3,(H2,12,13,14). The Labute approximate surface area is 102 Å². The zero-order chi connectivity index (χ0) is 13.7. The number of ether oxygens (including phenoxy) is 1. The van der Waals surface area contributed by atoms with Gasteiger partial charge in [-0.1, -0.05) is 13.8 Å². The highest BCUT2D eigenvalue weighted by Gasteiger charge is 2.30. The topological polar surface area (TPSA) is 96.2 Å². The van der Waals surface area contributed by atoms with Crippen molar-refractivity contribution in [1.29, 1.82) is 0 Å². The average molecular weight is 270 g/mol. The molecule has 0 aliphatic heterocycles. The highest BCUT2D eigenvalue weighted by molar-refractivity contribution is 7.46. The molecule has 0 unspecified atom stereocenters. The van der Waals surface area contributed by atoms with Crippen LogP contribution in [0.5, 0.6) is 0 Å². The van der Waals surface area contributed by atoms with E-state index in [4.69, 9.17) is 19.6 Å². The summed E-state index contributed by atoms with van der Waals surface area (Å²) in [5.74, 6) is 0. The van der Waals surface area contributed by atoms with Crippen molar-refractivity contribution in [3.63, 3.8) is 0 Å². The molecule has 0 spiro atoms. The zero-order valence-electron chi connectivity index (χ0n) is 10.8. The fourth-order valence-corrected chi connectivity index (χ4v) is 1.99. The number of aliphatic hydroxyl groups is 1. The summed E-state index contributed by atoms with van der Waals surface area (Å²) in [5.41, 5.74) is -1.22. The van der Waals surface area contributed by atoms with Crippen molar-refractivity contribution < 1.29 is 28.7 Å². The van der Waals surface area contributed by atoms with Crippen molar-refractivity contribution in [1.82, 2.24) is 0 Å². The Hall–Kier alpha value is 0.0300. The van der Waals surface area contributed by atoms with Gasteiger partial charge >= 0.3 is 7.82 Å². The van der Waals surface area contributed by atoms with Gasteiger partial charge in [-0.2, -0.15) is 0 Å². The lowest BCUT2D eigenvalue weighted by Gasteiger charge is -2.28. The van der Waals surface area contributed by atoms with Gasteiger partial charge < -0.3 is 19.6 Å². The van der Waals surface area contributed by atoms with Crippen LogP contribution in [0.15, 0.2) is 0 Å². The lowest BCUT2D eigenvalue weighted by molar-refractivity contribution is -0.0430. The van der Waals surface area contributed by atoms with Crippen LogP contribution in [-0.4, -0.2) is 40.3 Å². The van der Waals surface area contributed by atoms with E-state index in [-0.39, 0.29) is 18.6 Å². The fraction of sp³-hybridized carbons (Fsp3) is 1.00. The molecule has 0 heterocycles. The van der Waals surface area contributed by atoms with E-state index in [2.05, 4.69) is 4.52 Å². The largest absolute Gasteiger partial charge is 0.470 e. The first-order valence-electron chi connectivity index (χ1n) is 5.42. The lowest BCUT2D eigenvalue weighted by Crippen LogP contribution is -2.32. The summed E-state index contributed by atoms with van der Waals surface area (Å²) < 4.78 is 20.7. The van der Waals surface area contributed by atoms with Crippen LogP contribution in [0.1, 0.15) is 34.1 Å². The Balaban J connectivity index is 4.07. The van der Waals surface area contributed by atoms with Gasteiger partial charge in [0.1, 0.15) is 0 Å². The highest BCUT2D eigenvalue weighted by Crippen LogP contribution is 2.41.